The summed E-state index contributed by atoms with van der Waals surface area (Å²) in [5.41, 5.74) is 0.340. The molecule has 0 aliphatic heterocycles. The van der Waals surface area contributed by atoms with Crippen molar-refractivity contribution in [2.24, 2.45) is 0 Å². The predicted octanol–water partition coefficient (Wildman–Crippen LogP) is 1.27. The summed E-state index contributed by atoms with van der Waals surface area (Å²) in [6, 6.07) is 5.18. The molecule has 0 aliphatic carbocycles. The Hall–Kier alpha value is -1.67. The highest BCUT2D eigenvalue weighted by molar-refractivity contribution is 7.86. The molecule has 1 aromatic heterocycles. The molecule has 2 atom stereocenters. The van der Waals surface area contributed by atoms with Gasteiger partial charge >= 0.3 is 0 Å². The van der Waals surface area contributed by atoms with Gasteiger partial charge in [0.15, 0.2) is 5.25 Å². The number of nitrogens with zero attached hydrogens (tertiary/aromatic N) is 2. The number of nitrogens with one attached hydrogen (secondary N) is 1. The van der Waals surface area contributed by atoms with Gasteiger partial charge in [0.2, 0.25) is 5.91 Å². The monoisotopic (exact) mass is 299 g/mol. The van der Waals surface area contributed by atoms with Crippen molar-refractivity contribution in [3.8, 4) is 0 Å². The van der Waals surface area contributed by atoms with E-state index in [4.69, 9.17) is 0 Å². The molecule has 0 saturated heterocycles. The molecular formula is C11H10FN3O2S2. The van der Waals surface area contributed by atoms with E-state index >= 15 is 0 Å². The van der Waals surface area contributed by atoms with Crippen molar-refractivity contribution in [3.05, 3.63) is 41.2 Å². The van der Waals surface area contributed by atoms with Gasteiger partial charge in [0.1, 0.15) is 11.5 Å². The maximum atomic E-state index is 12.9. The van der Waals surface area contributed by atoms with Gasteiger partial charge in [-0.3, -0.25) is 9.00 Å². The molecule has 0 aliphatic rings. The lowest BCUT2D eigenvalue weighted by Gasteiger charge is -2.12. The van der Waals surface area contributed by atoms with Crippen molar-refractivity contribution in [2.75, 3.05) is 7.05 Å². The first kappa shape index (κ1) is 13.8. The van der Waals surface area contributed by atoms with Crippen molar-refractivity contribution in [2.45, 2.75) is 10.1 Å². The Morgan fingerprint density at radius 3 is 2.63 bits per heavy atom. The van der Waals surface area contributed by atoms with Gasteiger partial charge in [0.25, 0.3) is 0 Å². The highest BCUT2D eigenvalue weighted by atomic mass is 32.2. The van der Waals surface area contributed by atoms with Crippen molar-refractivity contribution >= 4 is 28.2 Å². The highest BCUT2D eigenvalue weighted by Gasteiger charge is 2.29. The number of carbonyl (C=O) groups excluding carboxylic acids is 1. The summed E-state index contributed by atoms with van der Waals surface area (Å²) >= 11 is 1.08. The number of amides is 1. The minimum atomic E-state index is -1.66. The fraction of sp³-hybridized carbons (Fsp3) is 0.182. The van der Waals surface area contributed by atoms with E-state index in [0.717, 1.165) is 11.5 Å². The van der Waals surface area contributed by atoms with Gasteiger partial charge in [0.05, 0.1) is 10.8 Å². The molecule has 19 heavy (non-hydrogen) atoms. The van der Waals surface area contributed by atoms with Crippen LogP contribution in [0.3, 0.4) is 0 Å². The Morgan fingerprint density at radius 2 is 2.11 bits per heavy atom. The Bertz CT molecular complexity index is 586. The second-order valence-electron chi connectivity index (χ2n) is 3.58. The average Bonchev–Trinajstić information content (AvgIpc) is 2.93. The number of likely N-dealkylation sites (N-methyl/N-ethyl adjacent to an activating group) is 1. The van der Waals surface area contributed by atoms with Gasteiger partial charge in [-0.2, -0.15) is 0 Å². The van der Waals surface area contributed by atoms with E-state index < -0.39 is 27.8 Å². The number of benzene rings is 1. The SMILES string of the molecule is CNC(=O)C(c1csnn1)S(=O)c1ccc(F)cc1. The van der Waals surface area contributed by atoms with Gasteiger partial charge in [0, 0.05) is 17.3 Å². The van der Waals surface area contributed by atoms with E-state index in [1.165, 1.54) is 31.3 Å². The first-order chi connectivity index (χ1) is 9.13. The van der Waals surface area contributed by atoms with E-state index in [1.807, 2.05) is 0 Å². The molecule has 1 heterocycles. The summed E-state index contributed by atoms with van der Waals surface area (Å²) < 4.78 is 28.9. The number of aromatic nitrogens is 2. The third kappa shape index (κ3) is 3.02. The quantitative estimate of drug-likeness (QED) is 0.923. The number of halogens is 1. The van der Waals surface area contributed by atoms with Crippen LogP contribution in [0.15, 0.2) is 34.5 Å². The van der Waals surface area contributed by atoms with Gasteiger partial charge in [-0.25, -0.2) is 4.39 Å². The van der Waals surface area contributed by atoms with Crippen molar-refractivity contribution in [3.63, 3.8) is 0 Å². The normalized spacial score (nSPS) is 13.8. The summed E-state index contributed by atoms with van der Waals surface area (Å²) in [5.74, 6) is -0.845. The first-order valence-corrected chi connectivity index (χ1v) is 7.33. The van der Waals surface area contributed by atoms with Gasteiger partial charge < -0.3 is 5.32 Å². The fourth-order valence-electron chi connectivity index (χ4n) is 1.46. The van der Waals surface area contributed by atoms with Crippen molar-refractivity contribution < 1.29 is 13.4 Å². The van der Waals surface area contributed by atoms with Crippen LogP contribution in [-0.2, 0) is 15.6 Å². The lowest BCUT2D eigenvalue weighted by molar-refractivity contribution is -0.120. The molecule has 0 saturated carbocycles. The van der Waals surface area contributed by atoms with Crippen molar-refractivity contribution in [1.29, 1.82) is 0 Å². The molecule has 0 radical (unpaired) electrons. The minimum absolute atomic E-state index is 0.340. The van der Waals surface area contributed by atoms with Gasteiger partial charge in [-0.05, 0) is 35.8 Å². The van der Waals surface area contributed by atoms with E-state index in [1.54, 1.807) is 5.38 Å². The zero-order valence-electron chi connectivity index (χ0n) is 9.87. The summed E-state index contributed by atoms with van der Waals surface area (Å²) in [5, 5.41) is 6.86. The topological polar surface area (TPSA) is 72.0 Å². The minimum Gasteiger partial charge on any atom is -0.358 e. The lowest BCUT2D eigenvalue weighted by atomic mass is 10.3. The fourth-order valence-corrected chi connectivity index (χ4v) is 3.35. The summed E-state index contributed by atoms with van der Waals surface area (Å²) in [6.07, 6.45) is 0. The third-order valence-electron chi connectivity index (χ3n) is 2.39. The molecule has 0 fully saturated rings. The van der Waals surface area contributed by atoms with Crippen LogP contribution in [0.25, 0.3) is 0 Å². The van der Waals surface area contributed by atoms with Gasteiger partial charge in [-0.15, -0.1) is 5.10 Å². The van der Waals surface area contributed by atoms with Crippen LogP contribution in [0.2, 0.25) is 0 Å². The zero-order valence-corrected chi connectivity index (χ0v) is 11.5. The van der Waals surface area contributed by atoms with Crippen LogP contribution in [0.4, 0.5) is 4.39 Å². The van der Waals surface area contributed by atoms with Crippen LogP contribution >= 0.6 is 11.5 Å². The summed E-state index contributed by atoms with van der Waals surface area (Å²) in [7, 11) is -0.208. The molecule has 0 spiro atoms. The second kappa shape index (κ2) is 5.98. The van der Waals surface area contributed by atoms with E-state index in [-0.39, 0.29) is 0 Å². The van der Waals surface area contributed by atoms with Crippen LogP contribution in [0, 0.1) is 5.82 Å². The van der Waals surface area contributed by atoms with E-state index in [0.29, 0.717) is 10.6 Å². The highest BCUT2D eigenvalue weighted by Crippen LogP contribution is 2.24. The van der Waals surface area contributed by atoms with Crippen LogP contribution in [0.5, 0.6) is 0 Å². The summed E-state index contributed by atoms with van der Waals surface area (Å²) in [4.78, 5) is 12.2. The van der Waals surface area contributed by atoms with E-state index in [2.05, 4.69) is 14.9 Å². The number of carbonyl (C=O) groups is 1. The second-order valence-corrected chi connectivity index (χ2v) is 5.72. The molecule has 8 heteroatoms. The molecule has 1 aromatic carbocycles. The van der Waals surface area contributed by atoms with Crippen LogP contribution in [-0.4, -0.2) is 26.8 Å². The average molecular weight is 299 g/mol. The Kier molecular flexibility index (Phi) is 4.33. The molecule has 5 nitrogen and oxygen atoms in total. The van der Waals surface area contributed by atoms with Crippen LogP contribution in [0.1, 0.15) is 10.9 Å². The molecule has 2 aromatic rings. The Morgan fingerprint density at radius 1 is 1.42 bits per heavy atom. The maximum Gasteiger partial charge on any atom is 0.242 e. The van der Waals surface area contributed by atoms with Gasteiger partial charge in [-0.1, -0.05) is 4.49 Å². The molecule has 1 amide bonds. The molecule has 0 bridgehead atoms. The molecule has 1 N–H and O–H groups in total. The van der Waals surface area contributed by atoms with Crippen LogP contribution < -0.4 is 5.32 Å². The number of hydrogen-bond donors (Lipinski definition) is 1. The molecular weight excluding hydrogens is 289 g/mol. The lowest BCUT2D eigenvalue weighted by Crippen LogP contribution is -2.29. The zero-order chi connectivity index (χ0) is 13.8. The molecule has 100 valence electrons. The molecule has 2 unspecified atom stereocenters. The third-order valence-corrected chi connectivity index (χ3v) is 4.53. The van der Waals surface area contributed by atoms with E-state index in [9.17, 15) is 13.4 Å². The predicted molar refractivity (Wildman–Crippen MR) is 69.5 cm³/mol. The standard InChI is InChI=1S/C11H10FN3O2S2/c1-13-11(16)10(9-6-18-15-14-9)19(17)8-4-2-7(12)3-5-8/h2-6,10H,1H3,(H,13,16). The Labute approximate surface area is 115 Å². The Balaban J connectivity index is 2.36. The number of hydrogen-bond acceptors (Lipinski definition) is 5. The largest absolute Gasteiger partial charge is 0.358 e. The van der Waals surface area contributed by atoms with Crippen molar-refractivity contribution in [1.82, 2.24) is 14.9 Å². The summed E-state index contributed by atoms with van der Waals surface area (Å²) in [6.45, 7) is 0. The maximum absolute atomic E-state index is 12.9. The first-order valence-electron chi connectivity index (χ1n) is 5.28. The molecule has 2 rings (SSSR count). The smallest absolute Gasteiger partial charge is 0.242 e. The number of rotatable bonds is 4.